The molecule has 0 bridgehead atoms. The zero-order chi connectivity index (χ0) is 19.2. The molecule has 0 radical (unpaired) electrons. The van der Waals surface area contributed by atoms with Gasteiger partial charge in [0, 0.05) is 16.7 Å². The molecule has 0 fully saturated rings. The first-order valence-corrected chi connectivity index (χ1v) is 9.19. The van der Waals surface area contributed by atoms with Crippen molar-refractivity contribution in [1.29, 1.82) is 0 Å². The number of hydrogen-bond donors (Lipinski definition) is 1. The summed E-state index contributed by atoms with van der Waals surface area (Å²) in [5, 5.41) is 11.6. The van der Waals surface area contributed by atoms with Crippen molar-refractivity contribution in [3.05, 3.63) is 47.5 Å². The summed E-state index contributed by atoms with van der Waals surface area (Å²) < 4.78 is 16.0. The van der Waals surface area contributed by atoms with Gasteiger partial charge in [0.25, 0.3) is 5.22 Å². The number of nitrogens with one attached hydrogen (secondary N) is 1. The highest BCUT2D eigenvalue weighted by Crippen LogP contribution is 2.30. The van der Waals surface area contributed by atoms with Crippen LogP contribution in [0.5, 0.6) is 11.5 Å². The predicted octanol–water partition coefficient (Wildman–Crippen LogP) is 4.14. The lowest BCUT2D eigenvalue weighted by atomic mass is 10.2. The van der Waals surface area contributed by atoms with E-state index < -0.39 is 0 Å². The summed E-state index contributed by atoms with van der Waals surface area (Å²) in [5.74, 6) is 1.36. The van der Waals surface area contributed by atoms with Crippen LogP contribution in [0.4, 0.5) is 5.69 Å². The zero-order valence-corrected chi connectivity index (χ0v) is 16.1. The number of ether oxygens (including phenoxy) is 2. The standard InChI is InChI=1S/C18H16ClN3O4S/c1-24-13-6-7-14(15(9-13)25-2)20-16(23)10-27-18-22-21-17(26-18)11-4-3-5-12(19)8-11/h3-9H,10H2,1-2H3,(H,20,23). The summed E-state index contributed by atoms with van der Waals surface area (Å²) in [5.41, 5.74) is 1.27. The monoisotopic (exact) mass is 405 g/mol. The molecule has 3 rings (SSSR count). The highest BCUT2D eigenvalue weighted by Gasteiger charge is 2.13. The van der Waals surface area contributed by atoms with Crippen molar-refractivity contribution in [3.63, 3.8) is 0 Å². The van der Waals surface area contributed by atoms with E-state index >= 15 is 0 Å². The molecule has 0 saturated heterocycles. The van der Waals surface area contributed by atoms with Crippen LogP contribution in [0.2, 0.25) is 5.02 Å². The molecule has 9 heteroatoms. The first-order valence-electron chi connectivity index (χ1n) is 7.83. The maximum Gasteiger partial charge on any atom is 0.277 e. The fourth-order valence-corrected chi connectivity index (χ4v) is 2.98. The van der Waals surface area contributed by atoms with Gasteiger partial charge in [-0.2, -0.15) is 0 Å². The number of benzene rings is 2. The third-order valence-corrected chi connectivity index (χ3v) is 4.54. The molecule has 1 heterocycles. The molecule has 0 aliphatic rings. The largest absolute Gasteiger partial charge is 0.497 e. The average Bonchev–Trinajstić information content (AvgIpc) is 3.16. The maximum absolute atomic E-state index is 12.2. The van der Waals surface area contributed by atoms with E-state index in [4.69, 9.17) is 25.5 Å². The van der Waals surface area contributed by atoms with E-state index in [2.05, 4.69) is 15.5 Å². The van der Waals surface area contributed by atoms with E-state index in [1.165, 1.54) is 7.11 Å². The van der Waals surface area contributed by atoms with Crippen LogP contribution in [0.25, 0.3) is 11.5 Å². The SMILES string of the molecule is COc1ccc(NC(=O)CSc2nnc(-c3cccc(Cl)c3)o2)c(OC)c1. The van der Waals surface area contributed by atoms with Gasteiger partial charge in [0.2, 0.25) is 11.8 Å². The Morgan fingerprint density at radius 2 is 2.04 bits per heavy atom. The minimum Gasteiger partial charge on any atom is -0.497 e. The molecule has 0 spiro atoms. The molecule has 1 N–H and O–H groups in total. The number of thioether (sulfide) groups is 1. The molecule has 140 valence electrons. The highest BCUT2D eigenvalue weighted by molar-refractivity contribution is 7.99. The molecule has 1 amide bonds. The second-order valence-corrected chi connectivity index (χ2v) is 6.65. The van der Waals surface area contributed by atoms with Crippen molar-refractivity contribution in [3.8, 4) is 23.0 Å². The van der Waals surface area contributed by atoms with Crippen LogP contribution in [-0.4, -0.2) is 36.1 Å². The summed E-state index contributed by atoms with van der Waals surface area (Å²) in [6.07, 6.45) is 0. The van der Waals surface area contributed by atoms with Crippen molar-refractivity contribution in [2.45, 2.75) is 5.22 Å². The predicted molar refractivity (Wildman–Crippen MR) is 104 cm³/mol. The van der Waals surface area contributed by atoms with Crippen molar-refractivity contribution in [2.24, 2.45) is 0 Å². The third-order valence-electron chi connectivity index (χ3n) is 3.49. The van der Waals surface area contributed by atoms with Gasteiger partial charge in [-0.1, -0.05) is 29.4 Å². The van der Waals surface area contributed by atoms with Crippen molar-refractivity contribution >= 4 is 35.0 Å². The second kappa shape index (κ2) is 8.79. The minimum atomic E-state index is -0.231. The summed E-state index contributed by atoms with van der Waals surface area (Å²) in [6, 6.07) is 12.2. The number of aromatic nitrogens is 2. The van der Waals surface area contributed by atoms with E-state index in [1.54, 1.807) is 43.5 Å². The van der Waals surface area contributed by atoms with Crippen LogP contribution in [0.3, 0.4) is 0 Å². The molecular formula is C18H16ClN3O4S. The average molecular weight is 406 g/mol. The van der Waals surface area contributed by atoms with Gasteiger partial charge in [0.15, 0.2) is 0 Å². The van der Waals surface area contributed by atoms with Crippen molar-refractivity contribution in [1.82, 2.24) is 10.2 Å². The summed E-state index contributed by atoms with van der Waals surface area (Å²) in [7, 11) is 3.08. The Bertz CT molecular complexity index is 948. The van der Waals surface area contributed by atoms with Crippen LogP contribution in [0.15, 0.2) is 52.1 Å². The summed E-state index contributed by atoms with van der Waals surface area (Å²) in [4.78, 5) is 12.2. The zero-order valence-electron chi connectivity index (χ0n) is 14.6. The van der Waals surface area contributed by atoms with Gasteiger partial charge in [-0.05, 0) is 30.3 Å². The Kier molecular flexibility index (Phi) is 6.20. The van der Waals surface area contributed by atoms with E-state index in [-0.39, 0.29) is 11.7 Å². The van der Waals surface area contributed by atoms with Crippen LogP contribution in [0.1, 0.15) is 0 Å². The molecule has 0 atom stereocenters. The van der Waals surface area contributed by atoms with Crippen molar-refractivity contribution in [2.75, 3.05) is 25.3 Å². The normalized spacial score (nSPS) is 10.5. The number of carbonyl (C=O) groups is 1. The summed E-state index contributed by atoms with van der Waals surface area (Å²) in [6.45, 7) is 0. The molecule has 2 aromatic carbocycles. The lowest BCUT2D eigenvalue weighted by Gasteiger charge is -2.11. The van der Waals surface area contributed by atoms with Gasteiger partial charge in [-0.15, -0.1) is 10.2 Å². The smallest absolute Gasteiger partial charge is 0.277 e. The van der Waals surface area contributed by atoms with Crippen molar-refractivity contribution < 1.29 is 18.7 Å². The number of hydrogen-bond acceptors (Lipinski definition) is 7. The Balaban J connectivity index is 1.60. The number of anilines is 1. The molecular weight excluding hydrogens is 390 g/mol. The minimum absolute atomic E-state index is 0.104. The summed E-state index contributed by atoms with van der Waals surface area (Å²) >= 11 is 7.10. The molecule has 0 unspecified atom stereocenters. The molecule has 0 aliphatic heterocycles. The number of rotatable bonds is 7. The molecule has 27 heavy (non-hydrogen) atoms. The Morgan fingerprint density at radius 3 is 2.78 bits per heavy atom. The number of halogens is 1. The number of nitrogens with zero attached hydrogens (tertiary/aromatic N) is 2. The number of carbonyl (C=O) groups excluding carboxylic acids is 1. The molecule has 0 aliphatic carbocycles. The second-order valence-electron chi connectivity index (χ2n) is 5.29. The topological polar surface area (TPSA) is 86.5 Å². The fourth-order valence-electron chi connectivity index (χ4n) is 2.22. The van der Waals surface area contributed by atoms with Gasteiger partial charge in [-0.25, -0.2) is 0 Å². The van der Waals surface area contributed by atoms with E-state index in [0.717, 1.165) is 11.8 Å². The fraction of sp³-hybridized carbons (Fsp3) is 0.167. The van der Waals surface area contributed by atoms with E-state index in [9.17, 15) is 4.79 Å². The third kappa shape index (κ3) is 4.93. The molecule has 3 aromatic rings. The first kappa shape index (κ1) is 19.1. The molecule has 1 aromatic heterocycles. The lowest BCUT2D eigenvalue weighted by Crippen LogP contribution is -2.14. The van der Waals surface area contributed by atoms with Crippen LogP contribution >= 0.6 is 23.4 Å². The first-order chi connectivity index (χ1) is 13.1. The van der Waals surface area contributed by atoms with Gasteiger partial charge in [-0.3, -0.25) is 4.79 Å². The Hall–Kier alpha value is -2.71. The molecule has 7 nitrogen and oxygen atoms in total. The van der Waals surface area contributed by atoms with Gasteiger partial charge < -0.3 is 19.2 Å². The van der Waals surface area contributed by atoms with E-state index in [1.807, 2.05) is 6.07 Å². The van der Waals surface area contributed by atoms with Crippen LogP contribution in [-0.2, 0) is 4.79 Å². The lowest BCUT2D eigenvalue weighted by molar-refractivity contribution is -0.113. The Morgan fingerprint density at radius 1 is 1.19 bits per heavy atom. The van der Waals surface area contributed by atoms with Gasteiger partial charge in [0.1, 0.15) is 11.5 Å². The van der Waals surface area contributed by atoms with Gasteiger partial charge in [0.05, 0.1) is 25.7 Å². The number of amides is 1. The number of methoxy groups -OCH3 is 2. The van der Waals surface area contributed by atoms with Crippen LogP contribution < -0.4 is 14.8 Å². The van der Waals surface area contributed by atoms with Crippen LogP contribution in [0, 0.1) is 0 Å². The molecule has 0 saturated carbocycles. The Labute approximate surface area is 165 Å². The van der Waals surface area contributed by atoms with E-state index in [0.29, 0.717) is 38.9 Å². The quantitative estimate of drug-likeness (QED) is 0.591. The maximum atomic E-state index is 12.2. The van der Waals surface area contributed by atoms with Gasteiger partial charge >= 0.3 is 0 Å². The highest BCUT2D eigenvalue weighted by atomic mass is 35.5.